The summed E-state index contributed by atoms with van der Waals surface area (Å²) in [6.07, 6.45) is 4.74. The molecule has 0 aromatic heterocycles. The number of nitrogens with one attached hydrogen (secondary N) is 1. The third kappa shape index (κ3) is 3.48. The molecule has 0 aromatic carbocycles. The molecule has 0 aromatic rings. The average molecular weight is 294 g/mol. The van der Waals surface area contributed by atoms with Gasteiger partial charge < -0.3 is 19.9 Å². The van der Waals surface area contributed by atoms with Gasteiger partial charge in [0.25, 0.3) is 0 Å². The van der Waals surface area contributed by atoms with Gasteiger partial charge in [0, 0.05) is 45.2 Å². The molecule has 2 aliphatic heterocycles. The number of hydrogen-bond acceptors (Lipinski definition) is 3. The predicted octanol–water partition coefficient (Wildman–Crippen LogP) is 0.295. The van der Waals surface area contributed by atoms with Crippen LogP contribution in [0.5, 0.6) is 0 Å². The molecule has 6 nitrogen and oxygen atoms in total. The first-order valence-electron chi connectivity index (χ1n) is 7.92. The number of ether oxygens (including phenoxy) is 1. The smallest absolute Gasteiger partial charge is 0.243 e. The Bertz CT molecular complexity index is 425. The van der Waals surface area contributed by atoms with Gasteiger partial charge in [0.1, 0.15) is 6.54 Å². The third-order valence-corrected chi connectivity index (χ3v) is 4.70. The molecule has 3 aliphatic rings. The predicted molar refractivity (Wildman–Crippen MR) is 81.2 cm³/mol. The van der Waals surface area contributed by atoms with E-state index >= 15 is 0 Å². The first-order chi connectivity index (χ1) is 10.1. The lowest BCUT2D eigenvalue weighted by Gasteiger charge is -2.25. The van der Waals surface area contributed by atoms with Gasteiger partial charge in [-0.1, -0.05) is 0 Å². The molecule has 1 unspecified atom stereocenters. The number of carbonyl (C=O) groups is 1. The van der Waals surface area contributed by atoms with Crippen LogP contribution in [0.2, 0.25) is 0 Å². The zero-order chi connectivity index (χ0) is 14.9. The summed E-state index contributed by atoms with van der Waals surface area (Å²) in [6.45, 7) is 3.99. The fourth-order valence-electron chi connectivity index (χ4n) is 3.02. The molecule has 118 valence electrons. The van der Waals surface area contributed by atoms with Gasteiger partial charge in [-0.25, -0.2) is 4.99 Å². The Kier molecular flexibility index (Phi) is 4.06. The van der Waals surface area contributed by atoms with Crippen LogP contribution < -0.4 is 5.32 Å². The van der Waals surface area contributed by atoms with E-state index in [1.165, 1.54) is 19.3 Å². The van der Waals surface area contributed by atoms with Gasteiger partial charge in [-0.15, -0.1) is 0 Å². The van der Waals surface area contributed by atoms with Gasteiger partial charge in [0.05, 0.1) is 6.61 Å². The van der Waals surface area contributed by atoms with Gasteiger partial charge in [-0.05, 0) is 25.7 Å². The van der Waals surface area contributed by atoms with Gasteiger partial charge in [-0.2, -0.15) is 0 Å². The maximum atomic E-state index is 11.8. The fraction of sp³-hybridized carbons (Fsp3) is 0.867. The quantitative estimate of drug-likeness (QED) is 0.601. The van der Waals surface area contributed by atoms with Crippen molar-refractivity contribution < 1.29 is 9.53 Å². The van der Waals surface area contributed by atoms with E-state index in [0.29, 0.717) is 11.5 Å². The van der Waals surface area contributed by atoms with Crippen molar-refractivity contribution in [2.75, 3.05) is 46.9 Å². The number of rotatable bonds is 3. The first-order valence-corrected chi connectivity index (χ1v) is 7.92. The standard InChI is InChI=1S/C15H26N4O2/c1-18(2)13(20)9-16-14(17-12-3-4-12)19-7-5-15(10-19)6-8-21-11-15/h12H,3-11H2,1-2H3,(H,16,17). The monoisotopic (exact) mass is 294 g/mol. The van der Waals surface area contributed by atoms with Crippen LogP contribution in [0.3, 0.4) is 0 Å². The highest BCUT2D eigenvalue weighted by molar-refractivity contribution is 5.85. The number of likely N-dealkylation sites (N-methyl/N-ethyl adjacent to an activating group) is 1. The Morgan fingerprint density at radius 2 is 2.24 bits per heavy atom. The van der Waals surface area contributed by atoms with Gasteiger partial charge in [0.2, 0.25) is 5.91 Å². The largest absolute Gasteiger partial charge is 0.381 e. The number of amides is 1. The molecule has 6 heteroatoms. The van der Waals surface area contributed by atoms with E-state index in [9.17, 15) is 4.79 Å². The van der Waals surface area contributed by atoms with Crippen LogP contribution >= 0.6 is 0 Å². The summed E-state index contributed by atoms with van der Waals surface area (Å²) in [4.78, 5) is 20.2. The lowest BCUT2D eigenvalue weighted by Crippen LogP contribution is -2.43. The van der Waals surface area contributed by atoms with Crippen LogP contribution in [0.4, 0.5) is 0 Å². The van der Waals surface area contributed by atoms with E-state index in [2.05, 4.69) is 15.2 Å². The summed E-state index contributed by atoms with van der Waals surface area (Å²) >= 11 is 0. The Morgan fingerprint density at radius 3 is 2.86 bits per heavy atom. The summed E-state index contributed by atoms with van der Waals surface area (Å²) < 4.78 is 5.59. The maximum absolute atomic E-state index is 11.8. The molecule has 0 bridgehead atoms. The highest BCUT2D eigenvalue weighted by atomic mass is 16.5. The molecule has 2 heterocycles. The van der Waals surface area contributed by atoms with Crippen LogP contribution in [0, 0.1) is 5.41 Å². The molecular formula is C15H26N4O2. The van der Waals surface area contributed by atoms with Crippen molar-refractivity contribution in [2.24, 2.45) is 10.4 Å². The molecule has 1 aliphatic carbocycles. The second-order valence-corrected chi connectivity index (χ2v) is 6.82. The van der Waals surface area contributed by atoms with E-state index < -0.39 is 0 Å². The number of hydrogen-bond donors (Lipinski definition) is 1. The average Bonchev–Trinajstić information content (AvgIpc) is 3.01. The minimum atomic E-state index is 0.0446. The molecule has 1 atom stereocenters. The topological polar surface area (TPSA) is 57.2 Å². The molecule has 1 N–H and O–H groups in total. The summed E-state index contributed by atoms with van der Waals surface area (Å²) in [5.41, 5.74) is 0.317. The number of carbonyl (C=O) groups excluding carboxylic acids is 1. The molecule has 0 radical (unpaired) electrons. The second-order valence-electron chi connectivity index (χ2n) is 6.82. The molecule has 3 fully saturated rings. The normalized spacial score (nSPS) is 29.2. The van der Waals surface area contributed by atoms with Crippen molar-refractivity contribution >= 4 is 11.9 Å². The molecule has 3 rings (SSSR count). The molecule has 1 spiro atoms. The lowest BCUT2D eigenvalue weighted by atomic mass is 9.87. The highest BCUT2D eigenvalue weighted by Gasteiger charge is 2.42. The van der Waals surface area contributed by atoms with E-state index in [0.717, 1.165) is 38.7 Å². The number of guanidine groups is 1. The Labute approximate surface area is 126 Å². The van der Waals surface area contributed by atoms with Crippen molar-refractivity contribution in [3.8, 4) is 0 Å². The Morgan fingerprint density at radius 1 is 1.43 bits per heavy atom. The van der Waals surface area contributed by atoms with Crippen molar-refractivity contribution in [1.29, 1.82) is 0 Å². The minimum Gasteiger partial charge on any atom is -0.381 e. The first kappa shape index (κ1) is 14.6. The van der Waals surface area contributed by atoms with Crippen molar-refractivity contribution in [2.45, 2.75) is 31.7 Å². The summed E-state index contributed by atoms with van der Waals surface area (Å²) in [6, 6.07) is 0.551. The van der Waals surface area contributed by atoms with Crippen LogP contribution in [0.1, 0.15) is 25.7 Å². The molecule has 1 amide bonds. The van der Waals surface area contributed by atoms with Gasteiger partial charge >= 0.3 is 0 Å². The van der Waals surface area contributed by atoms with Crippen LogP contribution in [-0.2, 0) is 9.53 Å². The van der Waals surface area contributed by atoms with Gasteiger partial charge in [-0.3, -0.25) is 4.79 Å². The number of nitrogens with zero attached hydrogens (tertiary/aromatic N) is 3. The molecule has 21 heavy (non-hydrogen) atoms. The van der Waals surface area contributed by atoms with E-state index in [1.54, 1.807) is 19.0 Å². The summed E-state index contributed by atoms with van der Waals surface area (Å²) in [5, 5.41) is 3.50. The number of likely N-dealkylation sites (tertiary alicyclic amines) is 1. The van der Waals surface area contributed by atoms with Crippen LogP contribution in [0.25, 0.3) is 0 Å². The highest BCUT2D eigenvalue weighted by Crippen LogP contribution is 2.38. The summed E-state index contributed by atoms with van der Waals surface area (Å²) in [7, 11) is 3.54. The van der Waals surface area contributed by atoms with Crippen molar-refractivity contribution in [1.82, 2.24) is 15.1 Å². The fourth-order valence-corrected chi connectivity index (χ4v) is 3.02. The van der Waals surface area contributed by atoms with Gasteiger partial charge in [0.15, 0.2) is 5.96 Å². The molecule has 1 saturated carbocycles. The number of aliphatic imine (C=N–C) groups is 1. The summed E-state index contributed by atoms with van der Waals surface area (Å²) in [5.74, 6) is 0.958. The van der Waals surface area contributed by atoms with Crippen molar-refractivity contribution in [3.05, 3.63) is 0 Å². The zero-order valence-corrected chi connectivity index (χ0v) is 13.1. The third-order valence-electron chi connectivity index (χ3n) is 4.70. The van der Waals surface area contributed by atoms with E-state index in [1.807, 2.05) is 0 Å². The SMILES string of the molecule is CN(C)C(=O)CN=C(NC1CC1)N1CCC2(CCOC2)C1. The zero-order valence-electron chi connectivity index (χ0n) is 13.1. The van der Waals surface area contributed by atoms with E-state index in [4.69, 9.17) is 4.74 Å². The Balaban J connectivity index is 1.64. The maximum Gasteiger partial charge on any atom is 0.243 e. The lowest BCUT2D eigenvalue weighted by molar-refractivity contribution is -0.127. The van der Waals surface area contributed by atoms with Crippen LogP contribution in [-0.4, -0.2) is 74.7 Å². The molecular weight excluding hydrogens is 268 g/mol. The minimum absolute atomic E-state index is 0.0446. The second kappa shape index (κ2) is 5.83. The Hall–Kier alpha value is -1.30. The van der Waals surface area contributed by atoms with E-state index in [-0.39, 0.29) is 12.5 Å². The molecule has 2 saturated heterocycles. The van der Waals surface area contributed by atoms with Crippen molar-refractivity contribution in [3.63, 3.8) is 0 Å². The van der Waals surface area contributed by atoms with Crippen LogP contribution in [0.15, 0.2) is 4.99 Å².